The van der Waals surface area contributed by atoms with Gasteiger partial charge >= 0.3 is 5.97 Å². The molecule has 0 aliphatic carbocycles. The van der Waals surface area contributed by atoms with E-state index in [-0.39, 0.29) is 28.7 Å². The molecule has 0 saturated carbocycles. The van der Waals surface area contributed by atoms with Crippen LogP contribution in [0.1, 0.15) is 33.2 Å². The van der Waals surface area contributed by atoms with Gasteiger partial charge in [-0.05, 0) is 30.7 Å². The minimum absolute atomic E-state index is 0.0895. The number of nitrogens with zero attached hydrogens (tertiary/aromatic N) is 3. The summed E-state index contributed by atoms with van der Waals surface area (Å²) >= 11 is 2.48. The summed E-state index contributed by atoms with van der Waals surface area (Å²) in [6.07, 6.45) is 0. The summed E-state index contributed by atoms with van der Waals surface area (Å²) in [5, 5.41) is 21.7. The molecule has 0 unspecified atom stereocenters. The lowest BCUT2D eigenvalue weighted by molar-refractivity contribution is -0.384. The van der Waals surface area contributed by atoms with E-state index in [1.165, 1.54) is 30.0 Å². The van der Waals surface area contributed by atoms with Gasteiger partial charge in [0.05, 0.1) is 17.1 Å². The number of aromatic nitrogens is 2. The number of nitro benzene ring substituents is 1. The Morgan fingerprint density at radius 3 is 2.58 bits per heavy atom. The number of carbonyl (C=O) groups excluding carboxylic acids is 2. The lowest BCUT2D eigenvalue weighted by atomic mass is 10.1. The maximum atomic E-state index is 13.0. The highest BCUT2D eigenvalue weighted by molar-refractivity contribution is 8.00. The van der Waals surface area contributed by atoms with Crippen LogP contribution in [0, 0.1) is 15.9 Å². The van der Waals surface area contributed by atoms with Gasteiger partial charge in [-0.3, -0.25) is 20.2 Å². The summed E-state index contributed by atoms with van der Waals surface area (Å²) in [6, 6.07) is 9.38. The highest BCUT2D eigenvalue weighted by atomic mass is 32.2. The number of hydrogen-bond acceptors (Lipinski definition) is 9. The van der Waals surface area contributed by atoms with Crippen LogP contribution in [0.2, 0.25) is 0 Å². The van der Waals surface area contributed by atoms with E-state index < -0.39 is 22.5 Å². The predicted octanol–water partition coefficient (Wildman–Crippen LogP) is 4.31. The highest BCUT2D eigenvalue weighted by Crippen LogP contribution is 2.29. The highest BCUT2D eigenvalue weighted by Gasteiger charge is 2.19. The second-order valence-corrected chi connectivity index (χ2v) is 8.19. The Hall–Kier alpha value is -3.38. The molecule has 2 aromatic carbocycles. The third-order valence-corrected chi connectivity index (χ3v) is 5.85. The van der Waals surface area contributed by atoms with Gasteiger partial charge in [-0.15, -0.1) is 10.2 Å². The number of non-ortho nitro benzene ring substituents is 1. The number of hydrogen-bond donors (Lipinski definition) is 1. The zero-order chi connectivity index (χ0) is 22.4. The van der Waals surface area contributed by atoms with E-state index in [2.05, 4.69) is 15.5 Å². The molecule has 0 aliphatic rings. The maximum Gasteiger partial charge on any atom is 0.338 e. The van der Waals surface area contributed by atoms with Crippen molar-refractivity contribution in [2.45, 2.75) is 17.0 Å². The normalized spacial score (nSPS) is 10.5. The molecular weight excluding hydrogens is 447 g/mol. The van der Waals surface area contributed by atoms with E-state index in [1.54, 1.807) is 19.1 Å². The first-order chi connectivity index (χ1) is 14.9. The molecule has 0 bridgehead atoms. The van der Waals surface area contributed by atoms with Crippen molar-refractivity contribution >= 4 is 45.8 Å². The van der Waals surface area contributed by atoms with Gasteiger partial charge in [-0.1, -0.05) is 35.2 Å². The van der Waals surface area contributed by atoms with Crippen molar-refractivity contribution in [1.82, 2.24) is 10.2 Å². The Morgan fingerprint density at radius 2 is 1.90 bits per heavy atom. The van der Waals surface area contributed by atoms with Crippen LogP contribution in [-0.4, -0.2) is 33.6 Å². The Bertz CT molecular complexity index is 1120. The lowest BCUT2D eigenvalue weighted by Gasteiger charge is -2.05. The first-order valence-corrected chi connectivity index (χ1v) is 10.6. The molecular formula is C19H15FN4O5S2. The van der Waals surface area contributed by atoms with Crippen molar-refractivity contribution in [2.75, 3.05) is 11.9 Å². The number of halogens is 1. The molecule has 0 spiro atoms. The van der Waals surface area contributed by atoms with E-state index in [0.717, 1.165) is 29.0 Å². The van der Waals surface area contributed by atoms with Gasteiger partial charge in [0.2, 0.25) is 5.13 Å². The van der Waals surface area contributed by atoms with Crippen LogP contribution < -0.4 is 5.32 Å². The minimum Gasteiger partial charge on any atom is -0.462 e. The number of nitrogens with one attached hydrogen (secondary N) is 1. The molecule has 3 rings (SSSR count). The van der Waals surface area contributed by atoms with Crippen molar-refractivity contribution in [3.63, 3.8) is 0 Å². The number of anilines is 1. The number of nitro groups is 1. The first kappa shape index (κ1) is 22.3. The van der Waals surface area contributed by atoms with Crippen molar-refractivity contribution in [3.8, 4) is 0 Å². The van der Waals surface area contributed by atoms with E-state index in [1.807, 2.05) is 0 Å². The van der Waals surface area contributed by atoms with Crippen LogP contribution in [0.4, 0.5) is 15.2 Å². The van der Waals surface area contributed by atoms with Crippen molar-refractivity contribution in [3.05, 3.63) is 75.1 Å². The zero-order valence-electron chi connectivity index (χ0n) is 16.0. The largest absolute Gasteiger partial charge is 0.462 e. The van der Waals surface area contributed by atoms with Gasteiger partial charge in [0.25, 0.3) is 11.6 Å². The quantitative estimate of drug-likeness (QED) is 0.173. The smallest absolute Gasteiger partial charge is 0.338 e. The average molecular weight is 462 g/mol. The summed E-state index contributed by atoms with van der Waals surface area (Å²) in [7, 11) is 0. The summed E-state index contributed by atoms with van der Waals surface area (Å²) in [4.78, 5) is 35.0. The van der Waals surface area contributed by atoms with E-state index in [9.17, 15) is 24.1 Å². The molecule has 0 aliphatic heterocycles. The monoisotopic (exact) mass is 462 g/mol. The molecule has 1 aromatic heterocycles. The van der Waals surface area contributed by atoms with Crippen molar-refractivity contribution in [1.29, 1.82) is 0 Å². The Morgan fingerprint density at radius 1 is 1.19 bits per heavy atom. The molecule has 1 amide bonds. The Kier molecular flexibility index (Phi) is 7.26. The summed E-state index contributed by atoms with van der Waals surface area (Å²) in [5.74, 6) is -1.23. The molecule has 9 nitrogen and oxygen atoms in total. The summed E-state index contributed by atoms with van der Waals surface area (Å²) < 4.78 is 18.4. The minimum atomic E-state index is -0.768. The molecule has 0 radical (unpaired) electrons. The summed E-state index contributed by atoms with van der Waals surface area (Å²) in [5.41, 5.74) is 0.292. The SMILES string of the molecule is CCOC(=O)c1cc(C(=O)Nc2nnc(SCc3ccc(F)cc3)s2)cc([N+](=O)[O-])c1. The van der Waals surface area contributed by atoms with Crippen LogP contribution in [-0.2, 0) is 10.5 Å². The van der Waals surface area contributed by atoms with Gasteiger partial charge in [0.15, 0.2) is 4.34 Å². The molecule has 160 valence electrons. The van der Waals surface area contributed by atoms with Crippen molar-refractivity contribution in [2.24, 2.45) is 0 Å². The molecule has 12 heteroatoms. The standard InChI is InChI=1S/C19H15FN4O5S2/c1-2-29-17(26)13-7-12(8-15(9-13)24(27)28)16(25)21-18-22-23-19(31-18)30-10-11-3-5-14(20)6-4-11/h3-9H,2,10H2,1H3,(H,21,22,25). The zero-order valence-corrected chi connectivity index (χ0v) is 17.7. The third-order valence-electron chi connectivity index (χ3n) is 3.80. The molecule has 0 saturated heterocycles. The molecule has 1 heterocycles. The maximum absolute atomic E-state index is 13.0. The second kappa shape index (κ2) is 10.1. The number of ether oxygens (including phenoxy) is 1. The summed E-state index contributed by atoms with van der Waals surface area (Å²) in [6.45, 7) is 1.69. The number of benzene rings is 2. The van der Waals surface area contributed by atoms with E-state index in [4.69, 9.17) is 4.74 Å². The van der Waals surface area contributed by atoms with Gasteiger partial charge < -0.3 is 4.74 Å². The van der Waals surface area contributed by atoms with Crippen LogP contribution in [0.3, 0.4) is 0 Å². The molecule has 31 heavy (non-hydrogen) atoms. The van der Waals surface area contributed by atoms with Crippen LogP contribution in [0.15, 0.2) is 46.8 Å². The van der Waals surface area contributed by atoms with Crippen LogP contribution in [0.25, 0.3) is 0 Å². The third kappa shape index (κ3) is 6.06. The number of amides is 1. The second-order valence-electron chi connectivity index (χ2n) is 5.99. The first-order valence-electron chi connectivity index (χ1n) is 8.84. The van der Waals surface area contributed by atoms with Crippen molar-refractivity contribution < 1.29 is 23.6 Å². The number of esters is 1. The van der Waals surface area contributed by atoms with Gasteiger partial charge in [0.1, 0.15) is 5.82 Å². The van der Waals surface area contributed by atoms with Gasteiger partial charge in [-0.25, -0.2) is 9.18 Å². The van der Waals surface area contributed by atoms with Crippen LogP contribution in [0.5, 0.6) is 0 Å². The number of thioether (sulfide) groups is 1. The van der Waals surface area contributed by atoms with E-state index in [0.29, 0.717) is 10.1 Å². The van der Waals surface area contributed by atoms with Crippen LogP contribution >= 0.6 is 23.1 Å². The fourth-order valence-electron chi connectivity index (χ4n) is 2.39. The van der Waals surface area contributed by atoms with E-state index >= 15 is 0 Å². The number of rotatable bonds is 8. The molecule has 0 atom stereocenters. The topological polar surface area (TPSA) is 124 Å². The fourth-order valence-corrected chi connectivity index (χ4v) is 4.10. The lowest BCUT2D eigenvalue weighted by Crippen LogP contribution is -2.14. The average Bonchev–Trinajstić information content (AvgIpc) is 3.20. The van der Waals surface area contributed by atoms with Gasteiger partial charge in [0, 0.05) is 23.4 Å². The predicted molar refractivity (Wildman–Crippen MR) is 113 cm³/mol. The Balaban J connectivity index is 1.70. The van der Waals surface area contributed by atoms with Gasteiger partial charge in [-0.2, -0.15) is 0 Å². The number of carbonyl (C=O) groups is 2. The molecule has 0 fully saturated rings. The fraction of sp³-hybridized carbons (Fsp3) is 0.158. The Labute approximate surface area is 183 Å². The molecule has 1 N–H and O–H groups in total. The molecule has 3 aromatic rings.